The number of carbonyl (C=O) groups excluding carboxylic acids is 1. The number of rotatable bonds is 1. The number of carboxylic acids is 1. The molecule has 5 nitrogen and oxygen atoms in total. The normalized spacial score (nSPS) is 10.6. The molecule has 0 aliphatic carbocycles. The lowest BCUT2D eigenvalue weighted by Gasteiger charge is -2.11. The van der Waals surface area contributed by atoms with Crippen LogP contribution in [0.25, 0.3) is 10.9 Å². The van der Waals surface area contributed by atoms with Crippen molar-refractivity contribution in [3.8, 4) is 0 Å². The summed E-state index contributed by atoms with van der Waals surface area (Å²) in [5.74, 6) is -1.11. The fourth-order valence-corrected chi connectivity index (χ4v) is 2.05. The Morgan fingerprint density at radius 2 is 2.00 bits per heavy atom. The molecule has 0 bridgehead atoms. The molecule has 1 aromatic carbocycles. The summed E-state index contributed by atoms with van der Waals surface area (Å²) in [5, 5.41) is 9.84. The second-order valence-corrected chi connectivity index (χ2v) is 4.44. The number of hydrogen-bond donors (Lipinski definition) is 1. The third kappa shape index (κ3) is 1.82. The van der Waals surface area contributed by atoms with Crippen molar-refractivity contribution in [2.24, 2.45) is 0 Å². The molecule has 0 aliphatic heterocycles. The molecule has 0 saturated carbocycles. The average molecular weight is 267 g/mol. The van der Waals surface area contributed by atoms with Crippen molar-refractivity contribution >= 4 is 34.5 Å². The predicted molar refractivity (Wildman–Crippen MR) is 68.4 cm³/mol. The molecule has 0 atom stereocenters. The molecule has 1 amide bonds. The van der Waals surface area contributed by atoms with Crippen LogP contribution in [-0.2, 0) is 0 Å². The lowest BCUT2D eigenvalue weighted by Crippen LogP contribution is -2.26. The van der Waals surface area contributed by atoms with Crippen LogP contribution in [-0.4, -0.2) is 40.7 Å². The van der Waals surface area contributed by atoms with Crippen molar-refractivity contribution in [1.29, 1.82) is 0 Å². The minimum atomic E-state index is -1.11. The van der Waals surface area contributed by atoms with Crippen molar-refractivity contribution < 1.29 is 14.7 Å². The summed E-state index contributed by atoms with van der Waals surface area (Å²) >= 11 is 6.00. The zero-order chi connectivity index (χ0) is 13.4. The Morgan fingerprint density at radius 3 is 2.56 bits per heavy atom. The van der Waals surface area contributed by atoms with Crippen LogP contribution >= 0.6 is 11.6 Å². The fourth-order valence-electron chi connectivity index (χ4n) is 1.78. The Balaban J connectivity index is 2.81. The van der Waals surface area contributed by atoms with Gasteiger partial charge in [-0.15, -0.1) is 0 Å². The first-order chi connectivity index (χ1) is 8.43. The van der Waals surface area contributed by atoms with Gasteiger partial charge < -0.3 is 10.0 Å². The minimum absolute atomic E-state index is 0.0193. The summed E-state index contributed by atoms with van der Waals surface area (Å²) in [6, 6.07) is 4.61. The number of halogens is 1. The van der Waals surface area contributed by atoms with Crippen LogP contribution in [0.15, 0.2) is 24.4 Å². The van der Waals surface area contributed by atoms with E-state index in [1.54, 1.807) is 32.3 Å². The monoisotopic (exact) mass is 266 g/mol. The highest BCUT2D eigenvalue weighted by Crippen LogP contribution is 2.28. The summed E-state index contributed by atoms with van der Waals surface area (Å²) in [7, 11) is 3.19. The first kappa shape index (κ1) is 12.4. The number of amides is 1. The van der Waals surface area contributed by atoms with E-state index in [4.69, 9.17) is 16.7 Å². The largest absolute Gasteiger partial charge is 0.478 e. The summed E-state index contributed by atoms with van der Waals surface area (Å²) in [6.45, 7) is 0. The van der Waals surface area contributed by atoms with Crippen LogP contribution in [0.2, 0.25) is 5.02 Å². The molecule has 0 saturated heterocycles. The fraction of sp³-hybridized carbons (Fsp3) is 0.167. The minimum Gasteiger partial charge on any atom is -0.478 e. The van der Waals surface area contributed by atoms with Crippen LogP contribution in [0.5, 0.6) is 0 Å². The molecule has 2 rings (SSSR count). The number of benzene rings is 1. The quantitative estimate of drug-likeness (QED) is 0.863. The molecule has 94 valence electrons. The number of carbonyl (C=O) groups is 2. The second-order valence-electron chi connectivity index (χ2n) is 4.03. The summed E-state index contributed by atoms with van der Waals surface area (Å²) < 4.78 is 1.28. The van der Waals surface area contributed by atoms with Gasteiger partial charge in [-0.3, -0.25) is 4.57 Å². The van der Waals surface area contributed by atoms with E-state index in [0.717, 1.165) is 0 Å². The lowest BCUT2D eigenvalue weighted by molar-refractivity contribution is 0.0699. The first-order valence-electron chi connectivity index (χ1n) is 5.18. The number of aromatic carboxylic acids is 1. The molecule has 0 unspecified atom stereocenters. The highest BCUT2D eigenvalue weighted by molar-refractivity contribution is 6.36. The van der Waals surface area contributed by atoms with Gasteiger partial charge in [0.2, 0.25) is 0 Å². The van der Waals surface area contributed by atoms with Crippen LogP contribution < -0.4 is 0 Å². The van der Waals surface area contributed by atoms with Crippen LogP contribution in [0.4, 0.5) is 4.79 Å². The van der Waals surface area contributed by atoms with Crippen molar-refractivity contribution in [3.63, 3.8) is 0 Å². The summed E-state index contributed by atoms with van der Waals surface area (Å²) in [5.41, 5.74) is 0.504. The van der Waals surface area contributed by atoms with Crippen LogP contribution in [0, 0.1) is 0 Å². The third-order valence-electron chi connectivity index (χ3n) is 2.60. The highest BCUT2D eigenvalue weighted by atomic mass is 35.5. The number of hydrogen-bond acceptors (Lipinski definition) is 2. The van der Waals surface area contributed by atoms with Gasteiger partial charge in [0.25, 0.3) is 0 Å². The van der Waals surface area contributed by atoms with Gasteiger partial charge in [0.15, 0.2) is 0 Å². The van der Waals surface area contributed by atoms with Gasteiger partial charge in [-0.2, -0.15) is 0 Å². The second kappa shape index (κ2) is 4.34. The Labute approximate surface area is 108 Å². The number of fused-ring (bicyclic) bond motifs is 1. The first-order valence-corrected chi connectivity index (χ1v) is 5.55. The van der Waals surface area contributed by atoms with Crippen molar-refractivity contribution in [3.05, 3.63) is 35.0 Å². The zero-order valence-corrected chi connectivity index (χ0v) is 10.6. The lowest BCUT2D eigenvalue weighted by atomic mass is 10.2. The molecule has 2 aromatic rings. The average Bonchev–Trinajstić information content (AvgIpc) is 2.69. The van der Waals surface area contributed by atoms with Gasteiger partial charge in [-0.25, -0.2) is 9.59 Å². The summed E-state index contributed by atoms with van der Waals surface area (Å²) in [6.07, 6.45) is 1.29. The molecule has 1 aromatic heterocycles. The van der Waals surface area contributed by atoms with Gasteiger partial charge in [0, 0.05) is 25.7 Å². The van der Waals surface area contributed by atoms with E-state index in [1.807, 2.05) is 0 Å². The van der Waals surface area contributed by atoms with Crippen LogP contribution in [0.1, 0.15) is 10.4 Å². The molecule has 0 spiro atoms. The number of carboxylic acid groups (broad SMARTS) is 1. The standard InChI is InChI=1S/C12H11ClN2O3/c1-14(2)12(18)15-6-7(11(16)17)10-8(13)4-3-5-9(10)15/h3-6H,1-2H3,(H,16,17). The maximum Gasteiger partial charge on any atom is 0.337 e. The van der Waals surface area contributed by atoms with Gasteiger partial charge in [0.05, 0.1) is 16.1 Å². The molecule has 0 fully saturated rings. The summed E-state index contributed by atoms with van der Waals surface area (Å²) in [4.78, 5) is 24.5. The van der Waals surface area contributed by atoms with E-state index < -0.39 is 5.97 Å². The van der Waals surface area contributed by atoms with Gasteiger partial charge in [-0.05, 0) is 12.1 Å². The molecule has 18 heavy (non-hydrogen) atoms. The Hall–Kier alpha value is -2.01. The van der Waals surface area contributed by atoms with Crippen molar-refractivity contribution in [2.45, 2.75) is 0 Å². The molecular formula is C12H11ClN2O3. The topological polar surface area (TPSA) is 62.5 Å². The van der Waals surface area contributed by atoms with Gasteiger partial charge >= 0.3 is 12.0 Å². The van der Waals surface area contributed by atoms with Crippen molar-refractivity contribution in [2.75, 3.05) is 14.1 Å². The highest BCUT2D eigenvalue weighted by Gasteiger charge is 2.20. The van der Waals surface area contributed by atoms with Crippen LogP contribution in [0.3, 0.4) is 0 Å². The molecule has 6 heteroatoms. The number of nitrogens with zero attached hydrogens (tertiary/aromatic N) is 2. The van der Waals surface area contributed by atoms with E-state index in [-0.39, 0.29) is 11.6 Å². The van der Waals surface area contributed by atoms with Gasteiger partial charge in [0.1, 0.15) is 0 Å². The maximum absolute atomic E-state index is 12.0. The molecule has 0 radical (unpaired) electrons. The SMILES string of the molecule is CN(C)C(=O)n1cc(C(=O)O)c2c(Cl)cccc21. The van der Waals surface area contributed by atoms with E-state index in [2.05, 4.69) is 0 Å². The van der Waals surface area contributed by atoms with Gasteiger partial charge in [-0.1, -0.05) is 17.7 Å². The molecule has 1 heterocycles. The van der Waals surface area contributed by atoms with E-state index in [9.17, 15) is 9.59 Å². The molecule has 0 aliphatic rings. The molecule has 1 N–H and O–H groups in total. The van der Waals surface area contributed by atoms with Crippen molar-refractivity contribution in [1.82, 2.24) is 9.47 Å². The smallest absolute Gasteiger partial charge is 0.337 e. The number of aromatic nitrogens is 1. The Bertz CT molecular complexity index is 646. The Morgan fingerprint density at radius 1 is 1.33 bits per heavy atom. The van der Waals surface area contributed by atoms with E-state index in [0.29, 0.717) is 15.9 Å². The maximum atomic E-state index is 12.0. The molecular weight excluding hydrogens is 256 g/mol. The van der Waals surface area contributed by atoms with E-state index >= 15 is 0 Å². The Kier molecular flexibility index (Phi) is 3.00. The zero-order valence-electron chi connectivity index (χ0n) is 9.85. The predicted octanol–water partition coefficient (Wildman–Crippen LogP) is 2.52. The van der Waals surface area contributed by atoms with E-state index in [1.165, 1.54) is 15.7 Å². The third-order valence-corrected chi connectivity index (χ3v) is 2.91.